The Labute approximate surface area is 353 Å². The molecule has 0 heterocycles. The van der Waals surface area contributed by atoms with E-state index in [1.165, 1.54) is 14.2 Å². The van der Waals surface area contributed by atoms with Crippen LogP contribution < -0.4 is 22.1 Å². The molecule has 0 saturated heterocycles. The van der Waals surface area contributed by atoms with Crippen molar-refractivity contribution in [3.63, 3.8) is 0 Å². The maximum atomic E-state index is 12.3. The average molecular weight is 901 g/mol. The van der Waals surface area contributed by atoms with E-state index in [9.17, 15) is 57.5 Å². The fourth-order valence-electron chi connectivity index (χ4n) is 3.67. The number of aliphatic carboxylic acids is 4. The largest absolute Gasteiger partial charge is 0.481 e. The Kier molecular flexibility index (Phi) is 33.5. The zero-order valence-corrected chi connectivity index (χ0v) is 34.9. The van der Waals surface area contributed by atoms with E-state index in [1.807, 2.05) is 0 Å². The number of thioether (sulfide) groups is 1. The van der Waals surface area contributed by atoms with Crippen molar-refractivity contribution in [1.29, 1.82) is 0 Å². The SMILES string of the molecule is COC(=O)/C=C/C(=O)OC.COC(=O)CC(SC[C@H](NC(=O)CC[C@H](N)C(=O)O)C(=O)CCC(=O)O)C(=O)OC.N[C@@H](CCC(=O)N[C@@H](CS)C(=O)CCC(=O)O)C(=O)O. The Morgan fingerprint density at radius 3 is 1.33 bits per heavy atom. The first-order valence-electron chi connectivity index (χ1n) is 17.2. The van der Waals surface area contributed by atoms with Crippen LogP contribution >= 0.6 is 24.4 Å². The zero-order valence-electron chi connectivity index (χ0n) is 33.2. The summed E-state index contributed by atoms with van der Waals surface area (Å²) in [5.41, 5.74) is 10.6. The van der Waals surface area contributed by atoms with Crippen LogP contribution in [0.3, 0.4) is 0 Å². The van der Waals surface area contributed by atoms with E-state index in [-0.39, 0.29) is 62.9 Å². The van der Waals surface area contributed by atoms with Gasteiger partial charge in [0.1, 0.15) is 17.3 Å². The monoisotopic (exact) mass is 900 g/mol. The number of ether oxygens (including phenoxy) is 4. The van der Waals surface area contributed by atoms with Gasteiger partial charge >= 0.3 is 47.8 Å². The number of nitrogens with two attached hydrogens (primary N) is 2. The van der Waals surface area contributed by atoms with Gasteiger partial charge in [-0.25, -0.2) is 9.59 Å². The van der Waals surface area contributed by atoms with E-state index in [0.717, 1.165) is 38.1 Å². The van der Waals surface area contributed by atoms with E-state index in [0.29, 0.717) is 0 Å². The van der Waals surface area contributed by atoms with Gasteiger partial charge < -0.3 is 61.5 Å². The van der Waals surface area contributed by atoms with Crippen LogP contribution in [-0.4, -0.2) is 161 Å². The maximum absolute atomic E-state index is 12.3. The molecule has 0 aromatic rings. The van der Waals surface area contributed by atoms with E-state index in [4.69, 9.17) is 31.9 Å². The van der Waals surface area contributed by atoms with Crippen molar-refractivity contribution in [1.82, 2.24) is 10.6 Å². The lowest BCUT2D eigenvalue weighted by Gasteiger charge is -2.20. The molecule has 26 heteroatoms. The minimum Gasteiger partial charge on any atom is -0.481 e. The molecule has 60 heavy (non-hydrogen) atoms. The lowest BCUT2D eigenvalue weighted by molar-refractivity contribution is -0.146. The average Bonchev–Trinajstić information content (AvgIpc) is 3.21. The van der Waals surface area contributed by atoms with Crippen LogP contribution in [0.5, 0.6) is 0 Å². The topological polar surface area (TPSA) is 399 Å². The number of rotatable bonds is 27. The Morgan fingerprint density at radius 2 is 1.00 bits per heavy atom. The number of methoxy groups -OCH3 is 4. The number of carboxylic acids is 4. The standard InChI is InChI=1S/C17H26N2O10S.C11H18N2O6S.C6H8O4/c1-28-15(24)7-12(17(27)29-2)30-8-10(11(20)4-6-14(22)23)19-13(21)5-3-9(18)16(25)26;12-6(11(18)19)1-3-9(15)13-7(5-20)8(14)2-4-10(16)17;1-9-5(7)3-4-6(8)10-2/h9-10,12H,3-8,18H2,1-2H3,(H,19,21)(H,22,23)(H,25,26);6-7,20H,1-5,12H2,(H,13,15)(H,16,17)(H,18,19);3-4H,1-2H3/b;;4-3+/t9-,10-,12?;6-,7-;/m00./s1. The van der Waals surface area contributed by atoms with Crippen molar-refractivity contribution in [3.05, 3.63) is 12.2 Å². The Morgan fingerprint density at radius 1 is 0.600 bits per heavy atom. The normalized spacial score (nSPS) is 12.7. The fourth-order valence-corrected chi connectivity index (χ4v) is 5.14. The molecule has 2 amide bonds. The van der Waals surface area contributed by atoms with Crippen molar-refractivity contribution < 1.29 is 96.9 Å². The first kappa shape index (κ1) is 58.7. The fraction of sp³-hybridized carbons (Fsp3) is 0.588. The van der Waals surface area contributed by atoms with Gasteiger partial charge in [0, 0.05) is 49.3 Å². The molecule has 0 spiro atoms. The number of carboxylic acid groups (broad SMARTS) is 4. The third-order valence-electron chi connectivity index (χ3n) is 7.07. The molecule has 0 aliphatic carbocycles. The van der Waals surface area contributed by atoms with Gasteiger partial charge in [0.2, 0.25) is 11.8 Å². The number of hydrogen-bond acceptors (Lipinski definition) is 20. The van der Waals surface area contributed by atoms with E-state index in [1.54, 1.807) is 0 Å². The van der Waals surface area contributed by atoms with E-state index in [2.05, 4.69) is 42.2 Å². The second kappa shape index (κ2) is 34.3. The smallest absolute Gasteiger partial charge is 0.330 e. The highest BCUT2D eigenvalue weighted by atomic mass is 32.2. The van der Waals surface area contributed by atoms with Gasteiger partial charge in [-0.15, -0.1) is 11.8 Å². The summed E-state index contributed by atoms with van der Waals surface area (Å²) in [7, 11) is 4.71. The molecule has 0 aromatic heterocycles. The van der Waals surface area contributed by atoms with Crippen molar-refractivity contribution in [2.45, 2.75) is 87.2 Å². The molecule has 0 fully saturated rings. The molecule has 1 unspecified atom stereocenters. The quantitative estimate of drug-likeness (QED) is 0.0184. The third kappa shape index (κ3) is 31.4. The number of amides is 2. The molecule has 5 atom stereocenters. The Balaban J connectivity index is -0.000000924. The van der Waals surface area contributed by atoms with Gasteiger partial charge in [0.15, 0.2) is 11.6 Å². The molecule has 0 bridgehead atoms. The highest BCUT2D eigenvalue weighted by Gasteiger charge is 2.29. The van der Waals surface area contributed by atoms with Crippen LogP contribution in [0.2, 0.25) is 0 Å². The summed E-state index contributed by atoms with van der Waals surface area (Å²) in [4.78, 5) is 134. The summed E-state index contributed by atoms with van der Waals surface area (Å²) in [5.74, 6) is -9.69. The summed E-state index contributed by atoms with van der Waals surface area (Å²) in [6.07, 6.45) is -0.312. The van der Waals surface area contributed by atoms with Crippen LogP contribution in [0.25, 0.3) is 0 Å². The van der Waals surface area contributed by atoms with Gasteiger partial charge in [-0.1, -0.05) is 0 Å². The molecule has 0 rings (SSSR count). The second-order valence-electron chi connectivity index (χ2n) is 11.6. The number of carbonyl (C=O) groups is 12. The van der Waals surface area contributed by atoms with Crippen LogP contribution in [0.15, 0.2) is 12.2 Å². The first-order chi connectivity index (χ1) is 28.0. The van der Waals surface area contributed by atoms with Crippen molar-refractivity contribution in [3.8, 4) is 0 Å². The third-order valence-corrected chi connectivity index (χ3v) is 8.72. The number of Topliss-reactive ketones (excluding diaryl/α,β-unsaturated/α-hetero) is 2. The van der Waals surface area contributed by atoms with Crippen molar-refractivity contribution >= 4 is 95.5 Å². The number of ketones is 2. The summed E-state index contributed by atoms with van der Waals surface area (Å²) >= 11 is 4.78. The van der Waals surface area contributed by atoms with E-state index >= 15 is 0 Å². The molecule has 10 N–H and O–H groups in total. The summed E-state index contributed by atoms with van der Waals surface area (Å²) in [6, 6.07) is -4.44. The molecular weight excluding hydrogens is 849 g/mol. The molecule has 0 saturated carbocycles. The minimum atomic E-state index is -1.28. The van der Waals surface area contributed by atoms with E-state index < -0.39 is 107 Å². The van der Waals surface area contributed by atoms with Crippen molar-refractivity contribution in [2.24, 2.45) is 11.5 Å². The molecule has 24 nitrogen and oxygen atoms in total. The van der Waals surface area contributed by atoms with Crippen LogP contribution in [0, 0.1) is 0 Å². The molecular formula is C34H52N4O20S2. The Hall–Kier alpha value is -5.60. The molecule has 0 aliphatic rings. The second-order valence-corrected chi connectivity index (χ2v) is 13.2. The number of hydrogen-bond donors (Lipinski definition) is 9. The lowest BCUT2D eigenvalue weighted by atomic mass is 10.1. The summed E-state index contributed by atoms with van der Waals surface area (Å²) < 4.78 is 17.5. The van der Waals surface area contributed by atoms with Crippen LogP contribution in [0.4, 0.5) is 0 Å². The minimum absolute atomic E-state index is 0.0369. The zero-order chi connectivity index (χ0) is 47.0. The molecule has 0 aliphatic heterocycles. The van der Waals surface area contributed by atoms with Gasteiger partial charge in [-0.2, -0.15) is 12.6 Å². The number of esters is 4. The summed E-state index contributed by atoms with van der Waals surface area (Å²) in [6.45, 7) is 0. The highest BCUT2D eigenvalue weighted by molar-refractivity contribution is 8.00. The maximum Gasteiger partial charge on any atom is 0.330 e. The number of nitrogens with one attached hydrogen (secondary N) is 2. The predicted molar refractivity (Wildman–Crippen MR) is 209 cm³/mol. The van der Waals surface area contributed by atoms with Gasteiger partial charge in [0.05, 0.1) is 59.8 Å². The van der Waals surface area contributed by atoms with Gasteiger partial charge in [-0.05, 0) is 12.8 Å². The van der Waals surface area contributed by atoms with Gasteiger partial charge in [-0.3, -0.25) is 47.9 Å². The number of carbonyl (C=O) groups excluding carboxylic acids is 8. The molecule has 0 aromatic carbocycles. The predicted octanol–water partition coefficient (Wildman–Crippen LogP) is -2.15. The van der Waals surface area contributed by atoms with Crippen LogP contribution in [-0.2, 0) is 76.5 Å². The Bertz CT molecular complexity index is 1510. The molecule has 340 valence electrons. The van der Waals surface area contributed by atoms with Crippen molar-refractivity contribution in [2.75, 3.05) is 39.9 Å². The summed E-state index contributed by atoms with van der Waals surface area (Å²) in [5, 5.41) is 38.3. The van der Waals surface area contributed by atoms with Crippen LogP contribution in [0.1, 0.15) is 57.8 Å². The number of thiol groups is 1. The van der Waals surface area contributed by atoms with Gasteiger partial charge in [0.25, 0.3) is 0 Å². The highest BCUT2D eigenvalue weighted by Crippen LogP contribution is 2.19. The first-order valence-corrected chi connectivity index (χ1v) is 18.9. The molecule has 0 radical (unpaired) electrons. The lowest BCUT2D eigenvalue weighted by Crippen LogP contribution is -2.44.